The number of esters is 1. The summed E-state index contributed by atoms with van der Waals surface area (Å²) in [6, 6.07) is 7.66. The molecule has 1 aliphatic rings. The van der Waals surface area contributed by atoms with E-state index in [1.54, 1.807) is 11.3 Å². The van der Waals surface area contributed by atoms with Crippen LogP contribution in [0.2, 0.25) is 0 Å². The summed E-state index contributed by atoms with van der Waals surface area (Å²) in [7, 11) is 1.39. The summed E-state index contributed by atoms with van der Waals surface area (Å²) >= 11 is 5.14. The average molecular weight is 338 g/mol. The summed E-state index contributed by atoms with van der Waals surface area (Å²) in [6.07, 6.45) is 4.08. The molecule has 19 heavy (non-hydrogen) atoms. The minimum atomic E-state index is -0.298. The molecule has 2 aromatic rings. The summed E-state index contributed by atoms with van der Waals surface area (Å²) < 4.78 is 5.77. The van der Waals surface area contributed by atoms with E-state index in [9.17, 15) is 4.79 Å². The Labute approximate surface area is 123 Å². The molecule has 1 heterocycles. The standard InChI is InChI=1S/C14H12BrNO2S/c1-18-12(17)9-2-4-10(5-3-9)14(6-7-14)13-16-8-11(15)19-13/h2-5,8H,6-7H2,1H3. The van der Waals surface area contributed by atoms with Gasteiger partial charge in [-0.25, -0.2) is 9.78 Å². The van der Waals surface area contributed by atoms with Gasteiger partial charge in [0.25, 0.3) is 0 Å². The predicted octanol–water partition coefficient (Wildman–Crippen LogP) is 3.77. The summed E-state index contributed by atoms with van der Waals surface area (Å²) in [5, 5.41) is 1.14. The first-order valence-electron chi connectivity index (χ1n) is 5.96. The molecule has 0 radical (unpaired) electrons. The fourth-order valence-electron chi connectivity index (χ4n) is 2.27. The molecule has 98 valence electrons. The quantitative estimate of drug-likeness (QED) is 0.800. The van der Waals surface area contributed by atoms with Crippen molar-refractivity contribution >= 4 is 33.2 Å². The molecule has 3 rings (SSSR count). The smallest absolute Gasteiger partial charge is 0.337 e. The van der Waals surface area contributed by atoms with Crippen molar-refractivity contribution in [3.8, 4) is 0 Å². The maximum absolute atomic E-state index is 11.4. The predicted molar refractivity (Wildman–Crippen MR) is 77.6 cm³/mol. The number of hydrogen-bond donors (Lipinski definition) is 0. The molecule has 1 fully saturated rings. The van der Waals surface area contributed by atoms with Crippen molar-refractivity contribution < 1.29 is 9.53 Å². The highest BCUT2D eigenvalue weighted by atomic mass is 79.9. The summed E-state index contributed by atoms with van der Waals surface area (Å²) in [5.41, 5.74) is 1.87. The Morgan fingerprint density at radius 1 is 1.37 bits per heavy atom. The van der Waals surface area contributed by atoms with Gasteiger partial charge in [0.1, 0.15) is 5.01 Å². The molecule has 0 bridgehead atoms. The van der Waals surface area contributed by atoms with Crippen LogP contribution in [-0.4, -0.2) is 18.1 Å². The van der Waals surface area contributed by atoms with Crippen molar-refractivity contribution in [3.05, 3.63) is 50.4 Å². The number of halogens is 1. The summed E-state index contributed by atoms with van der Waals surface area (Å²) in [4.78, 5) is 15.9. The molecule has 0 saturated heterocycles. The number of rotatable bonds is 3. The Balaban J connectivity index is 1.92. The molecular weight excluding hydrogens is 326 g/mol. The second-order valence-electron chi connectivity index (χ2n) is 4.62. The summed E-state index contributed by atoms with van der Waals surface area (Å²) in [6.45, 7) is 0. The van der Waals surface area contributed by atoms with Gasteiger partial charge in [0.05, 0.1) is 22.7 Å². The van der Waals surface area contributed by atoms with Gasteiger partial charge in [0, 0.05) is 5.41 Å². The Hall–Kier alpha value is -1.20. The number of ether oxygens (including phenoxy) is 1. The minimum absolute atomic E-state index is 0.0608. The van der Waals surface area contributed by atoms with Gasteiger partial charge in [0.15, 0.2) is 0 Å². The second kappa shape index (κ2) is 4.72. The van der Waals surface area contributed by atoms with Gasteiger partial charge < -0.3 is 4.74 Å². The third-order valence-electron chi connectivity index (χ3n) is 3.50. The van der Waals surface area contributed by atoms with Crippen LogP contribution in [0.25, 0.3) is 0 Å². The number of benzene rings is 1. The Morgan fingerprint density at radius 3 is 2.53 bits per heavy atom. The zero-order valence-electron chi connectivity index (χ0n) is 10.4. The van der Waals surface area contributed by atoms with Crippen molar-refractivity contribution in [1.29, 1.82) is 0 Å². The second-order valence-corrected chi connectivity index (χ2v) is 7.03. The van der Waals surface area contributed by atoms with Crippen LogP contribution >= 0.6 is 27.3 Å². The van der Waals surface area contributed by atoms with Crippen molar-refractivity contribution in [2.24, 2.45) is 0 Å². The van der Waals surface area contributed by atoms with E-state index >= 15 is 0 Å². The molecule has 0 N–H and O–H groups in total. The first-order valence-corrected chi connectivity index (χ1v) is 7.57. The van der Waals surface area contributed by atoms with Crippen LogP contribution < -0.4 is 0 Å². The van der Waals surface area contributed by atoms with Gasteiger partial charge in [-0.3, -0.25) is 0 Å². The minimum Gasteiger partial charge on any atom is -0.465 e. The lowest BCUT2D eigenvalue weighted by Crippen LogP contribution is -2.09. The van der Waals surface area contributed by atoms with Gasteiger partial charge in [-0.2, -0.15) is 0 Å². The molecule has 0 unspecified atom stereocenters. The number of carbonyl (C=O) groups is 1. The van der Waals surface area contributed by atoms with Crippen LogP contribution in [-0.2, 0) is 10.2 Å². The highest BCUT2D eigenvalue weighted by molar-refractivity contribution is 9.11. The van der Waals surface area contributed by atoms with Crippen molar-refractivity contribution in [1.82, 2.24) is 4.98 Å². The molecule has 3 nitrogen and oxygen atoms in total. The van der Waals surface area contributed by atoms with E-state index in [1.807, 2.05) is 30.5 Å². The number of hydrogen-bond acceptors (Lipinski definition) is 4. The van der Waals surface area contributed by atoms with E-state index in [-0.39, 0.29) is 11.4 Å². The lowest BCUT2D eigenvalue weighted by Gasteiger charge is -2.12. The Kier molecular flexibility index (Phi) is 3.19. The van der Waals surface area contributed by atoms with E-state index in [0.29, 0.717) is 5.56 Å². The monoisotopic (exact) mass is 337 g/mol. The average Bonchev–Trinajstić information content (AvgIpc) is 3.14. The number of aromatic nitrogens is 1. The molecule has 0 amide bonds. The van der Waals surface area contributed by atoms with Crippen LogP contribution in [0, 0.1) is 0 Å². The van der Waals surface area contributed by atoms with Crippen LogP contribution in [0.3, 0.4) is 0 Å². The molecule has 0 atom stereocenters. The van der Waals surface area contributed by atoms with Crippen LogP contribution in [0.1, 0.15) is 33.8 Å². The maximum atomic E-state index is 11.4. The molecule has 5 heteroatoms. The van der Waals surface area contributed by atoms with Crippen molar-refractivity contribution in [2.45, 2.75) is 18.3 Å². The van der Waals surface area contributed by atoms with E-state index in [2.05, 4.69) is 20.9 Å². The molecule has 1 saturated carbocycles. The van der Waals surface area contributed by atoms with E-state index in [1.165, 1.54) is 12.7 Å². The number of methoxy groups -OCH3 is 1. The third-order valence-corrected chi connectivity index (χ3v) is 5.18. The zero-order valence-corrected chi connectivity index (χ0v) is 12.8. The first-order chi connectivity index (χ1) is 9.15. The Bertz CT molecular complexity index is 617. The molecule has 1 aliphatic carbocycles. The SMILES string of the molecule is COC(=O)c1ccc(C2(c3ncc(Br)s3)CC2)cc1. The van der Waals surface area contributed by atoms with Gasteiger partial charge in [-0.15, -0.1) is 11.3 Å². The largest absolute Gasteiger partial charge is 0.465 e. The van der Waals surface area contributed by atoms with E-state index in [4.69, 9.17) is 4.74 Å². The third kappa shape index (κ3) is 2.21. The fourth-order valence-corrected chi connectivity index (χ4v) is 3.75. The van der Waals surface area contributed by atoms with Crippen molar-refractivity contribution in [2.75, 3.05) is 7.11 Å². The topological polar surface area (TPSA) is 39.2 Å². The Morgan fingerprint density at radius 2 is 2.05 bits per heavy atom. The highest BCUT2D eigenvalue weighted by Gasteiger charge is 2.48. The molecule has 1 aromatic heterocycles. The van der Waals surface area contributed by atoms with Crippen LogP contribution in [0.4, 0.5) is 0 Å². The van der Waals surface area contributed by atoms with Crippen LogP contribution in [0.15, 0.2) is 34.2 Å². The summed E-state index contributed by atoms with van der Waals surface area (Å²) in [5.74, 6) is -0.298. The van der Waals surface area contributed by atoms with Gasteiger partial charge in [-0.1, -0.05) is 12.1 Å². The van der Waals surface area contributed by atoms with E-state index < -0.39 is 0 Å². The molecule has 0 aliphatic heterocycles. The first kappa shape index (κ1) is 12.8. The number of thiazole rings is 1. The van der Waals surface area contributed by atoms with Gasteiger partial charge in [0.2, 0.25) is 0 Å². The van der Waals surface area contributed by atoms with Gasteiger partial charge in [-0.05, 0) is 46.5 Å². The maximum Gasteiger partial charge on any atom is 0.337 e. The highest BCUT2D eigenvalue weighted by Crippen LogP contribution is 2.54. The molecular formula is C14H12BrNO2S. The number of nitrogens with zero attached hydrogens (tertiary/aromatic N) is 1. The van der Waals surface area contributed by atoms with E-state index in [0.717, 1.165) is 21.6 Å². The van der Waals surface area contributed by atoms with Gasteiger partial charge >= 0.3 is 5.97 Å². The van der Waals surface area contributed by atoms with Crippen molar-refractivity contribution in [3.63, 3.8) is 0 Å². The lowest BCUT2D eigenvalue weighted by molar-refractivity contribution is 0.0600. The fraction of sp³-hybridized carbons (Fsp3) is 0.286. The lowest BCUT2D eigenvalue weighted by atomic mass is 9.96. The van der Waals surface area contributed by atoms with Crippen LogP contribution in [0.5, 0.6) is 0 Å². The zero-order chi connectivity index (χ0) is 13.5. The number of carbonyl (C=O) groups excluding carboxylic acids is 1. The molecule has 1 aromatic carbocycles. The molecule has 0 spiro atoms. The normalized spacial score (nSPS) is 16.1.